The molecule has 1 N–H and O–H groups in total. The number of halogens is 2. The summed E-state index contributed by atoms with van der Waals surface area (Å²) in [6.07, 6.45) is 0.320. The van der Waals surface area contributed by atoms with Gasteiger partial charge < -0.3 is 10.2 Å². The molecule has 0 aliphatic heterocycles. The Balaban J connectivity index is 2.09. The molecule has 0 aliphatic carbocycles. The summed E-state index contributed by atoms with van der Waals surface area (Å²) in [5, 5.41) is 3.56. The quantitative estimate of drug-likeness (QED) is 0.285. The Morgan fingerprint density at radius 3 is 2.15 bits per heavy atom. The predicted octanol–water partition coefficient (Wildman–Crippen LogP) is 6.14. The van der Waals surface area contributed by atoms with Crippen LogP contribution in [0.1, 0.15) is 43.9 Å². The molecule has 3 aromatic carbocycles. The number of aryl methyl sites for hydroxylation is 2. The van der Waals surface area contributed by atoms with Crippen LogP contribution in [0, 0.1) is 13.8 Å². The molecule has 3 rings (SSSR count). The van der Waals surface area contributed by atoms with E-state index in [0.717, 1.165) is 15.4 Å². The normalized spacial score (nSPS) is 12.2. The number of carbonyl (C=O) groups excluding carboxylic acids is 2. The molecule has 1 unspecified atom stereocenters. The largest absolute Gasteiger partial charge is 0.352 e. The number of amides is 2. The molecule has 214 valence electrons. The molecule has 2 amide bonds. The zero-order chi connectivity index (χ0) is 29.6. The second-order valence-electron chi connectivity index (χ2n) is 9.95. The lowest BCUT2D eigenvalue weighted by Crippen LogP contribution is -2.53. The highest BCUT2D eigenvalue weighted by Crippen LogP contribution is 2.28. The minimum Gasteiger partial charge on any atom is -0.352 e. The van der Waals surface area contributed by atoms with Crippen LogP contribution in [-0.4, -0.2) is 43.8 Å². The summed E-state index contributed by atoms with van der Waals surface area (Å²) in [5.41, 5.74) is 2.88. The number of rotatable bonds is 11. The first-order valence-corrected chi connectivity index (χ1v) is 15.2. The average molecular weight is 605 g/mol. The fourth-order valence-corrected chi connectivity index (χ4v) is 6.01. The fourth-order valence-electron chi connectivity index (χ4n) is 4.26. The van der Waals surface area contributed by atoms with E-state index in [1.54, 1.807) is 48.5 Å². The van der Waals surface area contributed by atoms with E-state index in [-0.39, 0.29) is 23.4 Å². The molecule has 3 aromatic rings. The van der Waals surface area contributed by atoms with Crippen molar-refractivity contribution in [1.82, 2.24) is 10.2 Å². The Kier molecular flexibility index (Phi) is 10.6. The van der Waals surface area contributed by atoms with E-state index < -0.39 is 28.5 Å². The molecule has 0 saturated heterocycles. The molecule has 0 saturated carbocycles. The van der Waals surface area contributed by atoms with Gasteiger partial charge >= 0.3 is 0 Å². The van der Waals surface area contributed by atoms with Crippen molar-refractivity contribution < 1.29 is 18.0 Å². The Bertz CT molecular complexity index is 1460. The van der Waals surface area contributed by atoms with Gasteiger partial charge in [0.1, 0.15) is 12.6 Å². The van der Waals surface area contributed by atoms with Gasteiger partial charge in [-0.25, -0.2) is 8.42 Å². The van der Waals surface area contributed by atoms with E-state index in [2.05, 4.69) is 5.32 Å². The van der Waals surface area contributed by atoms with Crippen LogP contribution in [0.3, 0.4) is 0 Å². The van der Waals surface area contributed by atoms with Crippen molar-refractivity contribution in [1.29, 1.82) is 0 Å². The summed E-state index contributed by atoms with van der Waals surface area (Å²) < 4.78 is 28.9. The van der Waals surface area contributed by atoms with Gasteiger partial charge in [-0.2, -0.15) is 0 Å². The summed E-state index contributed by atoms with van der Waals surface area (Å²) in [6, 6.07) is 17.2. The number of sulfonamides is 1. The second kappa shape index (κ2) is 13.5. The molecule has 0 spiro atoms. The third-order valence-electron chi connectivity index (χ3n) is 6.54. The monoisotopic (exact) mass is 603 g/mol. The van der Waals surface area contributed by atoms with E-state index in [1.165, 1.54) is 17.0 Å². The fraction of sp³-hybridized carbons (Fsp3) is 0.333. The van der Waals surface area contributed by atoms with Gasteiger partial charge in [0, 0.05) is 12.6 Å². The summed E-state index contributed by atoms with van der Waals surface area (Å²) in [5.74, 6) is -0.857. The minimum absolute atomic E-state index is 0.0336. The van der Waals surface area contributed by atoms with Crippen molar-refractivity contribution >= 4 is 50.7 Å². The number of hydrogen-bond acceptors (Lipinski definition) is 4. The Morgan fingerprint density at radius 2 is 1.57 bits per heavy atom. The van der Waals surface area contributed by atoms with Gasteiger partial charge in [-0.05, 0) is 87.2 Å². The summed E-state index contributed by atoms with van der Waals surface area (Å²) in [6.45, 7) is 8.82. The standard InChI is InChI=1S/C30H35Cl2N3O4S/c1-6-28(30(37)33-20(2)3)34(18-23-13-15-26(31)27(32)17-23)29(36)19-35(24-14-12-21(4)22(5)16-24)40(38,39)25-10-8-7-9-11-25/h7-17,20,28H,6,18-19H2,1-5H3,(H,33,37). The summed E-state index contributed by atoms with van der Waals surface area (Å²) in [7, 11) is -4.12. The lowest BCUT2D eigenvalue weighted by molar-refractivity contribution is -0.140. The van der Waals surface area contributed by atoms with Crippen LogP contribution < -0.4 is 9.62 Å². The van der Waals surface area contributed by atoms with Gasteiger partial charge in [0.25, 0.3) is 10.0 Å². The van der Waals surface area contributed by atoms with Gasteiger partial charge in [-0.3, -0.25) is 13.9 Å². The topological polar surface area (TPSA) is 86.8 Å². The van der Waals surface area contributed by atoms with Gasteiger partial charge in [0.05, 0.1) is 20.6 Å². The molecule has 0 aromatic heterocycles. The smallest absolute Gasteiger partial charge is 0.264 e. The highest BCUT2D eigenvalue weighted by Gasteiger charge is 2.34. The molecule has 7 nitrogen and oxygen atoms in total. The summed E-state index contributed by atoms with van der Waals surface area (Å²) in [4.78, 5) is 28.8. The van der Waals surface area contributed by atoms with Gasteiger partial charge in [0.15, 0.2) is 0 Å². The first kappa shape index (κ1) is 31.5. The molecular formula is C30H35Cl2N3O4S. The minimum atomic E-state index is -4.12. The van der Waals surface area contributed by atoms with Crippen molar-refractivity contribution in [2.24, 2.45) is 0 Å². The van der Waals surface area contributed by atoms with Crippen molar-refractivity contribution in [3.63, 3.8) is 0 Å². The Hall–Kier alpha value is -3.07. The van der Waals surface area contributed by atoms with E-state index in [0.29, 0.717) is 27.7 Å². The molecule has 40 heavy (non-hydrogen) atoms. The third kappa shape index (κ3) is 7.56. The van der Waals surface area contributed by atoms with Crippen molar-refractivity contribution in [3.05, 3.63) is 93.5 Å². The lowest BCUT2D eigenvalue weighted by atomic mass is 10.1. The average Bonchev–Trinajstić information content (AvgIpc) is 2.90. The molecule has 0 bridgehead atoms. The maximum absolute atomic E-state index is 14.1. The van der Waals surface area contributed by atoms with Crippen LogP contribution in [0.2, 0.25) is 10.0 Å². The van der Waals surface area contributed by atoms with Crippen LogP contribution in [0.25, 0.3) is 0 Å². The molecule has 0 radical (unpaired) electrons. The number of benzene rings is 3. The molecule has 10 heteroatoms. The van der Waals surface area contributed by atoms with E-state index in [4.69, 9.17) is 23.2 Å². The Morgan fingerprint density at radius 1 is 0.900 bits per heavy atom. The van der Waals surface area contributed by atoms with Crippen LogP contribution in [0.4, 0.5) is 5.69 Å². The molecule has 1 atom stereocenters. The predicted molar refractivity (Wildman–Crippen MR) is 161 cm³/mol. The third-order valence-corrected chi connectivity index (χ3v) is 9.07. The van der Waals surface area contributed by atoms with Crippen LogP contribution >= 0.6 is 23.2 Å². The second-order valence-corrected chi connectivity index (χ2v) is 12.6. The zero-order valence-corrected chi connectivity index (χ0v) is 25.6. The molecular weight excluding hydrogens is 569 g/mol. The lowest BCUT2D eigenvalue weighted by Gasteiger charge is -2.33. The first-order chi connectivity index (χ1) is 18.8. The van der Waals surface area contributed by atoms with E-state index in [1.807, 2.05) is 40.7 Å². The highest BCUT2D eigenvalue weighted by atomic mass is 35.5. The first-order valence-electron chi connectivity index (χ1n) is 13.0. The maximum atomic E-state index is 14.1. The Labute approximate surface area is 247 Å². The van der Waals surface area contributed by atoms with Gasteiger partial charge in [-0.1, -0.05) is 60.5 Å². The number of carbonyl (C=O) groups is 2. The van der Waals surface area contributed by atoms with Gasteiger partial charge in [-0.15, -0.1) is 0 Å². The van der Waals surface area contributed by atoms with E-state index >= 15 is 0 Å². The van der Waals surface area contributed by atoms with Crippen LogP contribution in [0.15, 0.2) is 71.6 Å². The van der Waals surface area contributed by atoms with Crippen molar-refractivity contribution in [2.75, 3.05) is 10.8 Å². The molecule has 0 heterocycles. The molecule has 0 aliphatic rings. The molecule has 0 fully saturated rings. The highest BCUT2D eigenvalue weighted by molar-refractivity contribution is 7.92. The number of nitrogens with one attached hydrogen (secondary N) is 1. The zero-order valence-electron chi connectivity index (χ0n) is 23.3. The maximum Gasteiger partial charge on any atom is 0.264 e. The van der Waals surface area contributed by atoms with Crippen molar-refractivity contribution in [2.45, 2.75) is 64.6 Å². The summed E-state index contributed by atoms with van der Waals surface area (Å²) >= 11 is 12.3. The number of nitrogens with zero attached hydrogens (tertiary/aromatic N) is 2. The van der Waals surface area contributed by atoms with Crippen LogP contribution in [0.5, 0.6) is 0 Å². The van der Waals surface area contributed by atoms with E-state index in [9.17, 15) is 18.0 Å². The van der Waals surface area contributed by atoms with Crippen LogP contribution in [-0.2, 0) is 26.2 Å². The number of hydrogen-bond donors (Lipinski definition) is 1. The van der Waals surface area contributed by atoms with Gasteiger partial charge in [0.2, 0.25) is 11.8 Å². The van der Waals surface area contributed by atoms with Crippen molar-refractivity contribution in [3.8, 4) is 0 Å². The SMILES string of the molecule is CCC(C(=O)NC(C)C)N(Cc1ccc(Cl)c(Cl)c1)C(=O)CN(c1ccc(C)c(C)c1)S(=O)(=O)c1ccccc1. The number of anilines is 1.